The highest BCUT2D eigenvalue weighted by Gasteiger charge is 2.19. The number of nitrogen functional groups attached to an aromatic ring is 1. The van der Waals surface area contributed by atoms with Gasteiger partial charge in [0.1, 0.15) is 5.75 Å². The van der Waals surface area contributed by atoms with E-state index in [1.165, 1.54) is 19.3 Å². The Morgan fingerprint density at radius 1 is 1.28 bits per heavy atom. The highest BCUT2D eigenvalue weighted by Crippen LogP contribution is 2.29. The first-order valence-electron chi connectivity index (χ1n) is 9.83. The lowest BCUT2D eigenvalue weighted by Gasteiger charge is -2.26. The fraction of sp³-hybridized carbons (Fsp3) is 0.450. The fourth-order valence-electron chi connectivity index (χ4n) is 3.40. The summed E-state index contributed by atoms with van der Waals surface area (Å²) < 4.78 is 12.5. The molecule has 0 spiro atoms. The van der Waals surface area contributed by atoms with Crippen molar-refractivity contribution < 1.29 is 14.6 Å². The van der Waals surface area contributed by atoms with Crippen LogP contribution < -0.4 is 20.5 Å². The summed E-state index contributed by atoms with van der Waals surface area (Å²) in [6.45, 7) is 3.38. The third-order valence-electron chi connectivity index (χ3n) is 5.23. The van der Waals surface area contributed by atoms with E-state index in [1.54, 1.807) is 11.7 Å². The number of nitrogens with one attached hydrogen (secondary N) is 1. The van der Waals surface area contributed by atoms with Crippen LogP contribution in [0.5, 0.6) is 17.8 Å². The summed E-state index contributed by atoms with van der Waals surface area (Å²) in [7, 11) is 1.64. The molecule has 29 heavy (non-hydrogen) atoms. The summed E-state index contributed by atoms with van der Waals surface area (Å²) in [6.07, 6.45) is 3.80. The van der Waals surface area contributed by atoms with Gasteiger partial charge >= 0.3 is 6.01 Å². The standard InChI is InChI=1S/C20H26N6O3/c1-3-29-19-24-17(21)16-18(25-19)26(20(27)23-16)11-13-8-7-12(9-15(13)28-2)10-22-14-5-4-6-14/h7-9,14,22H,3-6,10-11H2,1-2H3,(H,23,27)(H2,21,24,25). The van der Waals surface area contributed by atoms with Crippen molar-refractivity contribution in [2.45, 2.75) is 45.3 Å². The molecule has 3 aromatic rings. The Kier molecular flexibility index (Phi) is 5.39. The van der Waals surface area contributed by atoms with E-state index in [1.807, 2.05) is 19.1 Å². The predicted molar refractivity (Wildman–Crippen MR) is 109 cm³/mol. The lowest BCUT2D eigenvalue weighted by Crippen LogP contribution is -2.34. The molecule has 9 heteroatoms. The second kappa shape index (κ2) is 8.12. The van der Waals surface area contributed by atoms with Crippen molar-refractivity contribution >= 4 is 17.0 Å². The maximum atomic E-state index is 10.4. The van der Waals surface area contributed by atoms with Crippen molar-refractivity contribution in [2.24, 2.45) is 0 Å². The van der Waals surface area contributed by atoms with Crippen molar-refractivity contribution in [1.82, 2.24) is 24.8 Å². The first kappa shape index (κ1) is 19.3. The second-order valence-corrected chi connectivity index (χ2v) is 7.15. The van der Waals surface area contributed by atoms with Gasteiger partial charge in [-0.1, -0.05) is 18.6 Å². The molecule has 2 heterocycles. The Hall–Kier alpha value is -3.07. The minimum absolute atomic E-state index is 0.156. The number of aromatic hydroxyl groups is 1. The van der Waals surface area contributed by atoms with Crippen LogP contribution in [0.4, 0.5) is 5.82 Å². The van der Waals surface area contributed by atoms with Crippen LogP contribution in [-0.2, 0) is 13.1 Å². The number of methoxy groups -OCH3 is 1. The molecule has 4 rings (SSSR count). The molecular formula is C20H26N6O3. The highest BCUT2D eigenvalue weighted by atomic mass is 16.5. The van der Waals surface area contributed by atoms with E-state index in [4.69, 9.17) is 15.2 Å². The van der Waals surface area contributed by atoms with E-state index < -0.39 is 0 Å². The lowest BCUT2D eigenvalue weighted by atomic mass is 9.93. The second-order valence-electron chi connectivity index (χ2n) is 7.15. The molecule has 9 nitrogen and oxygen atoms in total. The van der Waals surface area contributed by atoms with E-state index in [-0.39, 0.29) is 17.8 Å². The van der Waals surface area contributed by atoms with Gasteiger partial charge in [-0.25, -0.2) is 0 Å². The van der Waals surface area contributed by atoms with Crippen LogP contribution in [0.3, 0.4) is 0 Å². The predicted octanol–water partition coefficient (Wildman–Crippen LogP) is 2.21. The topological polar surface area (TPSA) is 120 Å². The summed E-state index contributed by atoms with van der Waals surface area (Å²) in [5.74, 6) is 0.906. The van der Waals surface area contributed by atoms with Crippen LogP contribution in [0.25, 0.3) is 11.2 Å². The van der Waals surface area contributed by atoms with Gasteiger partial charge in [0.05, 0.1) is 20.3 Å². The smallest absolute Gasteiger partial charge is 0.320 e. The van der Waals surface area contributed by atoms with E-state index in [2.05, 4.69) is 26.3 Å². The quantitative estimate of drug-likeness (QED) is 0.528. The van der Waals surface area contributed by atoms with Crippen LogP contribution >= 0.6 is 0 Å². The van der Waals surface area contributed by atoms with Crippen molar-refractivity contribution in [3.63, 3.8) is 0 Å². The molecule has 1 fully saturated rings. The number of benzene rings is 1. The molecule has 0 radical (unpaired) electrons. The Balaban J connectivity index is 1.62. The average molecular weight is 398 g/mol. The number of rotatable bonds is 8. The van der Waals surface area contributed by atoms with Gasteiger partial charge in [-0.2, -0.15) is 15.0 Å². The molecule has 1 aliphatic carbocycles. The normalized spacial score (nSPS) is 14.1. The van der Waals surface area contributed by atoms with Crippen molar-refractivity contribution in [2.75, 3.05) is 19.5 Å². The molecule has 0 unspecified atom stereocenters. The Morgan fingerprint density at radius 2 is 2.10 bits per heavy atom. The summed E-state index contributed by atoms with van der Waals surface area (Å²) in [5.41, 5.74) is 8.76. The number of ether oxygens (including phenoxy) is 2. The van der Waals surface area contributed by atoms with Gasteiger partial charge in [-0.05, 0) is 31.4 Å². The van der Waals surface area contributed by atoms with Gasteiger partial charge < -0.3 is 25.6 Å². The zero-order chi connectivity index (χ0) is 20.4. The van der Waals surface area contributed by atoms with Crippen molar-refractivity contribution in [3.8, 4) is 17.8 Å². The van der Waals surface area contributed by atoms with Gasteiger partial charge in [0.2, 0.25) is 0 Å². The molecule has 0 amide bonds. The van der Waals surface area contributed by atoms with E-state index in [0.29, 0.717) is 30.4 Å². The summed E-state index contributed by atoms with van der Waals surface area (Å²) in [5, 5.41) is 13.9. The maximum Gasteiger partial charge on any atom is 0.320 e. The summed E-state index contributed by atoms with van der Waals surface area (Å²) >= 11 is 0. The largest absolute Gasteiger partial charge is 0.496 e. The van der Waals surface area contributed by atoms with Gasteiger partial charge in [-0.15, -0.1) is 0 Å². The van der Waals surface area contributed by atoms with Crippen LogP contribution in [0.2, 0.25) is 0 Å². The monoisotopic (exact) mass is 398 g/mol. The number of hydrogen-bond acceptors (Lipinski definition) is 8. The number of fused-ring (bicyclic) bond motifs is 1. The average Bonchev–Trinajstić information content (AvgIpc) is 2.98. The molecule has 1 aromatic carbocycles. The number of nitrogens with two attached hydrogens (primary N) is 1. The van der Waals surface area contributed by atoms with Crippen molar-refractivity contribution in [1.29, 1.82) is 0 Å². The lowest BCUT2D eigenvalue weighted by molar-refractivity contribution is 0.314. The van der Waals surface area contributed by atoms with Crippen LogP contribution in [-0.4, -0.2) is 44.4 Å². The first-order chi connectivity index (χ1) is 14.1. The first-order valence-corrected chi connectivity index (χ1v) is 9.83. The third-order valence-corrected chi connectivity index (χ3v) is 5.23. The molecule has 0 saturated heterocycles. The SMILES string of the molecule is CCOc1nc(N)c2nc(O)n(Cc3ccc(CNC4CCC4)cc3OC)c2n1. The number of hydrogen-bond donors (Lipinski definition) is 3. The van der Waals surface area contributed by atoms with Crippen LogP contribution in [0.15, 0.2) is 18.2 Å². The highest BCUT2D eigenvalue weighted by molar-refractivity contribution is 5.83. The van der Waals surface area contributed by atoms with E-state index in [9.17, 15) is 5.11 Å². The zero-order valence-corrected chi connectivity index (χ0v) is 16.7. The molecule has 1 saturated carbocycles. The Bertz CT molecular complexity index is 1020. The molecular weight excluding hydrogens is 372 g/mol. The van der Waals surface area contributed by atoms with E-state index >= 15 is 0 Å². The summed E-state index contributed by atoms with van der Waals surface area (Å²) in [6, 6.07) is 6.67. The van der Waals surface area contributed by atoms with Gasteiger partial charge in [0, 0.05) is 18.2 Å². The van der Waals surface area contributed by atoms with Gasteiger partial charge in [0.25, 0.3) is 6.01 Å². The molecule has 1 aliphatic rings. The van der Waals surface area contributed by atoms with Crippen LogP contribution in [0.1, 0.15) is 37.3 Å². The Morgan fingerprint density at radius 3 is 2.79 bits per heavy atom. The van der Waals surface area contributed by atoms with E-state index in [0.717, 1.165) is 23.4 Å². The minimum Gasteiger partial charge on any atom is -0.496 e. The maximum absolute atomic E-state index is 10.4. The molecule has 154 valence electrons. The number of aromatic nitrogens is 4. The number of anilines is 1. The fourth-order valence-corrected chi connectivity index (χ4v) is 3.40. The summed E-state index contributed by atoms with van der Waals surface area (Å²) in [4.78, 5) is 12.5. The molecule has 2 aromatic heterocycles. The van der Waals surface area contributed by atoms with Crippen molar-refractivity contribution in [3.05, 3.63) is 29.3 Å². The Labute approximate surface area is 168 Å². The molecule has 4 N–H and O–H groups in total. The molecule has 0 bridgehead atoms. The van der Waals surface area contributed by atoms with Gasteiger partial charge in [0.15, 0.2) is 17.0 Å². The van der Waals surface area contributed by atoms with Gasteiger partial charge in [-0.3, -0.25) is 4.57 Å². The number of nitrogens with zero attached hydrogens (tertiary/aromatic N) is 4. The third kappa shape index (κ3) is 3.91. The zero-order valence-electron chi connectivity index (χ0n) is 16.7. The molecule has 0 atom stereocenters. The number of imidazole rings is 1. The minimum atomic E-state index is -0.188. The molecule has 0 aliphatic heterocycles. The van der Waals surface area contributed by atoms with Crippen LogP contribution in [0, 0.1) is 0 Å².